The van der Waals surface area contributed by atoms with Crippen molar-refractivity contribution in [2.75, 3.05) is 0 Å². The Morgan fingerprint density at radius 3 is 2.07 bits per heavy atom. The minimum atomic E-state index is -5.25. The van der Waals surface area contributed by atoms with Crippen LogP contribution < -0.4 is 56.8 Å². The van der Waals surface area contributed by atoms with Crippen LogP contribution in [0.1, 0.15) is 10.4 Å². The maximum atomic E-state index is 12.2. The molecule has 0 saturated carbocycles. The van der Waals surface area contributed by atoms with Gasteiger partial charge in [-0.05, 0) is 0 Å². The van der Waals surface area contributed by atoms with Gasteiger partial charge in [0, 0.05) is 5.56 Å². The topological polar surface area (TPSA) is 37.3 Å². The Morgan fingerprint density at radius 1 is 1.21 bits per heavy atom. The minimum absolute atomic E-state index is 0. The fraction of sp³-hybridized carbons (Fsp3) is 0. The molecule has 0 aliphatic carbocycles. The Bertz CT molecular complexity index is 340. The average molecular weight is 228 g/mol. The molecule has 0 bridgehead atoms. The van der Waals surface area contributed by atoms with E-state index in [0.29, 0.717) is 0 Å². The van der Waals surface area contributed by atoms with Crippen LogP contribution in [0, 0.1) is 0 Å². The van der Waals surface area contributed by atoms with Crippen LogP contribution in [0.4, 0.5) is 12.9 Å². The summed E-state index contributed by atoms with van der Waals surface area (Å²) in [5, 5.41) is 8.44. The van der Waals surface area contributed by atoms with Crippen LogP contribution in [-0.2, 0) is 0 Å². The van der Waals surface area contributed by atoms with E-state index in [9.17, 15) is 17.7 Å². The van der Waals surface area contributed by atoms with Crippen LogP contribution >= 0.6 is 0 Å². The molecule has 0 amide bonds. The van der Waals surface area contributed by atoms with Gasteiger partial charge in [-0.1, -0.05) is 29.7 Å². The molecule has 1 rings (SSSR count). The molecule has 0 saturated heterocycles. The van der Waals surface area contributed by atoms with Crippen LogP contribution in [0.3, 0.4) is 0 Å². The van der Waals surface area contributed by atoms with Crippen molar-refractivity contribution in [1.82, 2.24) is 0 Å². The molecule has 1 aromatic rings. The molecule has 0 radical (unpaired) electrons. The van der Waals surface area contributed by atoms with Gasteiger partial charge in [0.25, 0.3) is 0 Å². The molecule has 1 aromatic carbocycles. The van der Waals surface area contributed by atoms with Crippen molar-refractivity contribution in [1.29, 1.82) is 0 Å². The number of aromatic carboxylic acids is 1. The van der Waals surface area contributed by atoms with Gasteiger partial charge in [-0.25, -0.2) is 4.79 Å². The van der Waals surface area contributed by atoms with Crippen molar-refractivity contribution in [3.63, 3.8) is 0 Å². The first-order valence-corrected chi connectivity index (χ1v) is 3.45. The summed E-state index contributed by atoms with van der Waals surface area (Å²) in [5.74, 6) is -1.56. The Kier molecular flexibility index (Phi) is 5.38. The van der Waals surface area contributed by atoms with Gasteiger partial charge in [-0.15, -0.1) is 0 Å². The van der Waals surface area contributed by atoms with Gasteiger partial charge in [0.2, 0.25) is 0 Å². The van der Waals surface area contributed by atoms with Crippen LogP contribution in [0.15, 0.2) is 24.3 Å². The quantitative estimate of drug-likeness (QED) is 0.622. The molecule has 0 aromatic heterocycles. The van der Waals surface area contributed by atoms with Crippen molar-refractivity contribution in [2.45, 2.75) is 0 Å². The van der Waals surface area contributed by atoms with Gasteiger partial charge in [0.1, 0.15) is 0 Å². The summed E-state index contributed by atoms with van der Waals surface area (Å²) >= 11 is 0. The summed E-state index contributed by atoms with van der Waals surface area (Å²) in [7, 11) is 0. The summed E-state index contributed by atoms with van der Waals surface area (Å²) in [4.78, 5) is 10.4. The van der Waals surface area contributed by atoms with E-state index in [0.717, 1.165) is 18.2 Å². The smallest absolute Gasteiger partial charge is 0.478 e. The molecule has 0 fully saturated rings. The van der Waals surface area contributed by atoms with E-state index in [-0.39, 0.29) is 51.4 Å². The van der Waals surface area contributed by atoms with Crippen molar-refractivity contribution in [3.05, 3.63) is 29.8 Å². The van der Waals surface area contributed by atoms with E-state index < -0.39 is 24.0 Å². The summed E-state index contributed by atoms with van der Waals surface area (Å²) in [5.41, 5.74) is -1.76. The second-order valence-electron chi connectivity index (χ2n) is 2.47. The predicted molar refractivity (Wildman–Crippen MR) is 42.1 cm³/mol. The molecule has 0 aliphatic rings. The van der Waals surface area contributed by atoms with E-state index in [4.69, 9.17) is 5.11 Å². The molecule has 0 atom stereocenters. The molecule has 70 valence electrons. The van der Waals surface area contributed by atoms with Crippen LogP contribution in [0.25, 0.3) is 0 Å². The first-order valence-electron chi connectivity index (χ1n) is 3.45. The third-order valence-electron chi connectivity index (χ3n) is 1.54. The number of rotatable bonds is 2. The normalized spacial score (nSPS) is 10.5. The minimum Gasteiger partial charge on any atom is -0.478 e. The van der Waals surface area contributed by atoms with Crippen molar-refractivity contribution in [3.8, 4) is 0 Å². The van der Waals surface area contributed by atoms with E-state index in [1.807, 2.05) is 0 Å². The maximum Gasteiger partial charge on any atom is 1.00 e. The molecular formula is C7H5BF3KO2. The number of carbonyl (C=O) groups is 1. The maximum absolute atomic E-state index is 12.2. The third kappa shape index (κ3) is 3.39. The molecule has 14 heavy (non-hydrogen) atoms. The van der Waals surface area contributed by atoms with Crippen molar-refractivity contribution >= 4 is 18.4 Å². The van der Waals surface area contributed by atoms with Crippen molar-refractivity contribution in [2.24, 2.45) is 0 Å². The second-order valence-corrected chi connectivity index (χ2v) is 2.47. The summed E-state index contributed by atoms with van der Waals surface area (Å²) in [6.07, 6.45) is 0. The van der Waals surface area contributed by atoms with E-state index in [1.54, 1.807) is 0 Å². The van der Waals surface area contributed by atoms with Gasteiger partial charge < -0.3 is 18.1 Å². The fourth-order valence-electron chi connectivity index (χ4n) is 0.977. The molecular weight excluding hydrogens is 223 g/mol. The molecule has 0 heterocycles. The largest absolute Gasteiger partial charge is 1.00 e. The molecule has 7 heteroatoms. The van der Waals surface area contributed by atoms with Gasteiger partial charge in [-0.3, -0.25) is 0 Å². The molecule has 0 unspecified atom stereocenters. The van der Waals surface area contributed by atoms with Gasteiger partial charge in [0.05, 0.1) is 0 Å². The number of hydrogen-bond acceptors (Lipinski definition) is 1. The second kappa shape index (κ2) is 5.32. The summed E-state index contributed by atoms with van der Waals surface area (Å²) in [6, 6.07) is 4.13. The van der Waals surface area contributed by atoms with E-state index in [1.165, 1.54) is 6.07 Å². The zero-order valence-electron chi connectivity index (χ0n) is 7.38. The summed E-state index contributed by atoms with van der Waals surface area (Å²) in [6.45, 7) is -5.25. The first kappa shape index (κ1) is 14.2. The molecule has 2 nitrogen and oxygen atoms in total. The Balaban J connectivity index is 0.00000169. The first-order chi connectivity index (χ1) is 5.93. The zero-order chi connectivity index (χ0) is 10.1. The monoisotopic (exact) mass is 228 g/mol. The standard InChI is InChI=1S/C7H5BF3O2.K/c9-8(10,11)6-4-2-1-3-5(6)7(12)13;/h1-4H,(H,12,13);/q-1;+1. The number of carboxylic acids is 1. The van der Waals surface area contributed by atoms with Crippen LogP contribution in [-0.4, -0.2) is 18.1 Å². The van der Waals surface area contributed by atoms with Crippen LogP contribution in [0.2, 0.25) is 0 Å². The Hall–Kier alpha value is 0.181. The number of halogens is 3. The van der Waals surface area contributed by atoms with Gasteiger partial charge >= 0.3 is 64.3 Å². The SMILES string of the molecule is O=C(O)c1ccccc1[B-](F)(F)F.[K+]. The Labute approximate surface area is 121 Å². The molecule has 1 N–H and O–H groups in total. The Morgan fingerprint density at radius 2 is 1.71 bits per heavy atom. The van der Waals surface area contributed by atoms with Gasteiger partial charge in [-0.2, -0.15) is 0 Å². The summed E-state index contributed by atoms with van der Waals surface area (Å²) < 4.78 is 36.6. The van der Waals surface area contributed by atoms with Crippen LogP contribution in [0.5, 0.6) is 0 Å². The fourth-order valence-corrected chi connectivity index (χ4v) is 0.977. The molecule has 0 aliphatic heterocycles. The zero-order valence-corrected chi connectivity index (χ0v) is 10.5. The predicted octanol–water partition coefficient (Wildman–Crippen LogP) is -1.56. The van der Waals surface area contributed by atoms with Crippen molar-refractivity contribution < 1.29 is 74.2 Å². The molecule has 0 spiro atoms. The van der Waals surface area contributed by atoms with E-state index >= 15 is 0 Å². The third-order valence-corrected chi connectivity index (χ3v) is 1.54. The number of hydrogen-bond donors (Lipinski definition) is 1. The van der Waals surface area contributed by atoms with Gasteiger partial charge in [0.15, 0.2) is 0 Å². The average Bonchev–Trinajstić information content (AvgIpc) is 2.03. The van der Waals surface area contributed by atoms with E-state index in [2.05, 4.69) is 0 Å². The number of benzene rings is 1. The number of carboxylic acid groups (broad SMARTS) is 1.